The van der Waals surface area contributed by atoms with E-state index in [4.69, 9.17) is 4.74 Å². The second kappa shape index (κ2) is 8.15. The van der Waals surface area contributed by atoms with Crippen molar-refractivity contribution in [2.45, 2.75) is 50.7 Å². The van der Waals surface area contributed by atoms with Crippen LogP contribution in [-0.4, -0.2) is 30.4 Å². The Labute approximate surface area is 136 Å². The van der Waals surface area contributed by atoms with Crippen LogP contribution < -0.4 is 15.4 Å². The van der Waals surface area contributed by atoms with Crippen LogP contribution in [0.1, 0.15) is 44.1 Å². The predicted octanol–water partition coefficient (Wildman–Crippen LogP) is 2.72. The van der Waals surface area contributed by atoms with Crippen LogP contribution in [0.15, 0.2) is 18.2 Å². The number of aliphatic hydroxyl groups is 1. The Kier molecular flexibility index (Phi) is 6.21. The number of amides is 2. The van der Waals surface area contributed by atoms with Crippen molar-refractivity contribution in [1.82, 2.24) is 10.6 Å². The highest BCUT2D eigenvalue weighted by atomic mass is 19.1. The number of nitrogens with one attached hydrogen (secondary N) is 2. The molecule has 1 aromatic carbocycles. The van der Waals surface area contributed by atoms with Gasteiger partial charge in [-0.15, -0.1) is 0 Å². The molecule has 0 atom stereocenters. The summed E-state index contributed by atoms with van der Waals surface area (Å²) in [5, 5.41) is 15.9. The first-order valence-corrected chi connectivity index (χ1v) is 8.09. The van der Waals surface area contributed by atoms with Crippen molar-refractivity contribution in [2.24, 2.45) is 0 Å². The van der Waals surface area contributed by atoms with Gasteiger partial charge < -0.3 is 20.5 Å². The van der Waals surface area contributed by atoms with Crippen LogP contribution in [0.2, 0.25) is 0 Å². The zero-order valence-corrected chi connectivity index (χ0v) is 13.5. The lowest BCUT2D eigenvalue weighted by molar-refractivity contribution is 0.0277. The first-order chi connectivity index (χ1) is 11.0. The molecule has 0 unspecified atom stereocenters. The van der Waals surface area contributed by atoms with Crippen LogP contribution in [0, 0.1) is 5.82 Å². The molecule has 0 spiro atoms. The van der Waals surface area contributed by atoms with Gasteiger partial charge in [-0.1, -0.05) is 31.7 Å². The summed E-state index contributed by atoms with van der Waals surface area (Å²) >= 11 is 0. The molecular formula is C17H25FN2O3. The monoisotopic (exact) mass is 324 g/mol. The van der Waals surface area contributed by atoms with Crippen molar-refractivity contribution in [3.05, 3.63) is 29.6 Å². The Morgan fingerprint density at radius 2 is 1.96 bits per heavy atom. The molecule has 128 valence electrons. The van der Waals surface area contributed by atoms with Crippen LogP contribution in [0.25, 0.3) is 0 Å². The summed E-state index contributed by atoms with van der Waals surface area (Å²) in [6, 6.07) is 4.19. The molecule has 2 amide bonds. The Hall–Kier alpha value is -1.82. The van der Waals surface area contributed by atoms with E-state index in [1.807, 2.05) is 0 Å². The summed E-state index contributed by atoms with van der Waals surface area (Å²) in [6.45, 7) is 0.459. The SMILES string of the molecule is COc1ccc(CNC(=O)NCC2(O)CCCCCC2)cc1F. The first kappa shape index (κ1) is 17.5. The molecule has 0 aliphatic heterocycles. The molecule has 1 saturated carbocycles. The molecule has 1 fully saturated rings. The second-order valence-electron chi connectivity index (χ2n) is 6.14. The smallest absolute Gasteiger partial charge is 0.315 e. The topological polar surface area (TPSA) is 70.6 Å². The van der Waals surface area contributed by atoms with Crippen molar-refractivity contribution in [3.8, 4) is 5.75 Å². The van der Waals surface area contributed by atoms with Gasteiger partial charge in [0.2, 0.25) is 0 Å². The number of hydrogen-bond donors (Lipinski definition) is 3. The van der Waals surface area contributed by atoms with E-state index in [1.165, 1.54) is 19.2 Å². The molecule has 0 saturated heterocycles. The predicted molar refractivity (Wildman–Crippen MR) is 85.8 cm³/mol. The molecule has 1 aromatic rings. The van der Waals surface area contributed by atoms with E-state index in [0.717, 1.165) is 38.5 Å². The molecule has 2 rings (SSSR count). The Morgan fingerprint density at radius 1 is 1.26 bits per heavy atom. The zero-order valence-electron chi connectivity index (χ0n) is 13.5. The van der Waals surface area contributed by atoms with E-state index in [0.29, 0.717) is 5.56 Å². The van der Waals surface area contributed by atoms with Crippen molar-refractivity contribution in [3.63, 3.8) is 0 Å². The lowest BCUT2D eigenvalue weighted by Crippen LogP contribution is -2.46. The highest BCUT2D eigenvalue weighted by molar-refractivity contribution is 5.73. The minimum Gasteiger partial charge on any atom is -0.494 e. The molecule has 0 radical (unpaired) electrons. The number of ether oxygens (including phenoxy) is 1. The molecule has 6 heteroatoms. The summed E-state index contributed by atoms with van der Waals surface area (Å²) in [6.07, 6.45) is 5.69. The van der Waals surface area contributed by atoms with E-state index in [-0.39, 0.29) is 24.9 Å². The zero-order chi connectivity index (χ0) is 16.7. The van der Waals surface area contributed by atoms with Crippen molar-refractivity contribution >= 4 is 6.03 Å². The lowest BCUT2D eigenvalue weighted by Gasteiger charge is -2.26. The maximum Gasteiger partial charge on any atom is 0.315 e. The van der Waals surface area contributed by atoms with Crippen LogP contribution in [0.4, 0.5) is 9.18 Å². The van der Waals surface area contributed by atoms with Gasteiger partial charge in [-0.25, -0.2) is 9.18 Å². The third-order valence-electron chi connectivity index (χ3n) is 4.28. The Balaban J connectivity index is 1.77. The number of carbonyl (C=O) groups is 1. The molecule has 0 bridgehead atoms. The molecule has 1 aliphatic rings. The Bertz CT molecular complexity index is 529. The highest BCUT2D eigenvalue weighted by Gasteiger charge is 2.28. The van der Waals surface area contributed by atoms with Gasteiger partial charge in [-0.2, -0.15) is 0 Å². The largest absolute Gasteiger partial charge is 0.494 e. The quantitative estimate of drug-likeness (QED) is 0.729. The highest BCUT2D eigenvalue weighted by Crippen LogP contribution is 2.26. The van der Waals surface area contributed by atoms with Gasteiger partial charge in [0.25, 0.3) is 0 Å². The van der Waals surface area contributed by atoms with Crippen LogP contribution in [0.3, 0.4) is 0 Å². The first-order valence-electron chi connectivity index (χ1n) is 8.09. The van der Waals surface area contributed by atoms with Gasteiger partial charge in [0, 0.05) is 13.1 Å². The van der Waals surface area contributed by atoms with Crippen LogP contribution >= 0.6 is 0 Å². The van der Waals surface area contributed by atoms with Crippen molar-refractivity contribution in [1.29, 1.82) is 0 Å². The summed E-state index contributed by atoms with van der Waals surface area (Å²) < 4.78 is 18.4. The molecule has 5 nitrogen and oxygen atoms in total. The molecule has 0 aromatic heterocycles. The molecule has 23 heavy (non-hydrogen) atoms. The second-order valence-corrected chi connectivity index (χ2v) is 6.14. The minimum atomic E-state index is -0.805. The van der Waals surface area contributed by atoms with Crippen LogP contribution in [-0.2, 0) is 6.54 Å². The van der Waals surface area contributed by atoms with Crippen LogP contribution in [0.5, 0.6) is 5.75 Å². The number of rotatable bonds is 5. The molecule has 1 aliphatic carbocycles. The third kappa shape index (κ3) is 5.39. The van der Waals surface area contributed by atoms with Crippen molar-refractivity contribution in [2.75, 3.05) is 13.7 Å². The lowest BCUT2D eigenvalue weighted by atomic mass is 9.95. The normalized spacial score (nSPS) is 17.2. The number of hydrogen-bond acceptors (Lipinski definition) is 3. The van der Waals surface area contributed by atoms with Gasteiger partial charge in [0.1, 0.15) is 0 Å². The average molecular weight is 324 g/mol. The fourth-order valence-corrected chi connectivity index (χ4v) is 2.87. The molecular weight excluding hydrogens is 299 g/mol. The fraction of sp³-hybridized carbons (Fsp3) is 0.588. The number of halogens is 1. The van der Waals surface area contributed by atoms with E-state index in [2.05, 4.69) is 10.6 Å². The molecule has 0 heterocycles. The van der Waals surface area contributed by atoms with Gasteiger partial charge in [-0.3, -0.25) is 0 Å². The number of benzene rings is 1. The maximum absolute atomic E-state index is 13.6. The summed E-state index contributed by atoms with van der Waals surface area (Å²) in [7, 11) is 1.40. The van der Waals surface area contributed by atoms with E-state index >= 15 is 0 Å². The number of carbonyl (C=O) groups excluding carboxylic acids is 1. The van der Waals surface area contributed by atoms with Gasteiger partial charge in [-0.05, 0) is 30.5 Å². The third-order valence-corrected chi connectivity index (χ3v) is 4.28. The fourth-order valence-electron chi connectivity index (χ4n) is 2.87. The van der Waals surface area contributed by atoms with E-state index in [9.17, 15) is 14.3 Å². The minimum absolute atomic E-state index is 0.175. The maximum atomic E-state index is 13.6. The number of urea groups is 1. The average Bonchev–Trinajstić information content (AvgIpc) is 2.76. The summed E-state index contributed by atoms with van der Waals surface area (Å²) in [5.41, 5.74) is -0.160. The van der Waals surface area contributed by atoms with E-state index < -0.39 is 11.4 Å². The van der Waals surface area contributed by atoms with Gasteiger partial charge in [0.05, 0.1) is 12.7 Å². The standard InChI is InChI=1S/C17H25FN2O3/c1-23-15-7-6-13(10-14(15)18)11-19-16(21)20-12-17(22)8-4-2-3-5-9-17/h6-7,10,22H,2-5,8-9,11-12H2,1H3,(H2,19,20,21). The van der Waals surface area contributed by atoms with Gasteiger partial charge >= 0.3 is 6.03 Å². The summed E-state index contributed by atoms with van der Waals surface area (Å²) in [5.74, 6) is -0.284. The number of methoxy groups -OCH3 is 1. The Morgan fingerprint density at radius 3 is 2.57 bits per heavy atom. The van der Waals surface area contributed by atoms with Crippen molar-refractivity contribution < 1.29 is 19.0 Å². The van der Waals surface area contributed by atoms with E-state index in [1.54, 1.807) is 6.07 Å². The van der Waals surface area contributed by atoms with Gasteiger partial charge in [0.15, 0.2) is 11.6 Å². The summed E-state index contributed by atoms with van der Waals surface area (Å²) in [4.78, 5) is 11.8. The molecule has 3 N–H and O–H groups in total.